The summed E-state index contributed by atoms with van der Waals surface area (Å²) in [4.78, 5) is 2.50. The zero-order chi connectivity index (χ0) is 42.2. The van der Waals surface area contributed by atoms with Gasteiger partial charge in [-0.1, -0.05) is 186 Å². The maximum Gasteiger partial charge on any atom is 0.197 e. The third-order valence-electron chi connectivity index (χ3n) is 13.2. The predicted molar refractivity (Wildman–Crippen MR) is 266 cm³/mol. The Balaban J connectivity index is 1.19. The average Bonchev–Trinajstić information content (AvgIpc) is 3.52. The highest BCUT2D eigenvalue weighted by Gasteiger charge is 2.37. The molecule has 3 heteroatoms. The van der Waals surface area contributed by atoms with E-state index in [2.05, 4.69) is 246 Å². The molecule has 0 saturated carbocycles. The van der Waals surface area contributed by atoms with Crippen molar-refractivity contribution >= 4 is 57.4 Å². The van der Waals surface area contributed by atoms with Gasteiger partial charge in [-0.05, 0) is 126 Å². The monoisotopic (exact) mass is 795 g/mol. The van der Waals surface area contributed by atoms with Gasteiger partial charge in [0.1, 0.15) is 0 Å². The number of rotatable bonds is 6. The van der Waals surface area contributed by atoms with Gasteiger partial charge in [0.15, 0.2) is 7.28 Å². The predicted octanol–water partition coefficient (Wildman–Crippen LogP) is 14.6. The molecule has 62 heavy (non-hydrogen) atoms. The summed E-state index contributed by atoms with van der Waals surface area (Å²) >= 11 is 0. The van der Waals surface area contributed by atoms with Gasteiger partial charge in [-0.2, -0.15) is 0 Å². The summed E-state index contributed by atoms with van der Waals surface area (Å²) in [5.41, 5.74) is 21.7. The van der Waals surface area contributed by atoms with Gasteiger partial charge in [0.2, 0.25) is 0 Å². The van der Waals surface area contributed by atoms with Gasteiger partial charge in [-0.15, -0.1) is 0 Å². The lowest BCUT2D eigenvalue weighted by atomic mass is 9.57. The number of fused-ring (bicyclic) bond motifs is 6. The molecule has 1 heterocycles. The number of nitrogens with one attached hydrogen (secondary N) is 1. The van der Waals surface area contributed by atoms with E-state index in [0.29, 0.717) is 0 Å². The van der Waals surface area contributed by atoms with Crippen LogP contribution in [0.25, 0.3) is 55.3 Å². The van der Waals surface area contributed by atoms with E-state index in [9.17, 15) is 0 Å². The van der Waals surface area contributed by atoms with Crippen LogP contribution in [0.2, 0.25) is 0 Å². The number of anilines is 5. The first-order chi connectivity index (χ1) is 30.1. The molecule has 1 radical (unpaired) electrons. The largest absolute Gasteiger partial charge is 0.355 e. The minimum atomic E-state index is -0.155. The molecule has 1 aliphatic carbocycles. The minimum absolute atomic E-state index is 0.0650. The van der Waals surface area contributed by atoms with Gasteiger partial charge in [-0.3, -0.25) is 0 Å². The van der Waals surface area contributed by atoms with E-state index in [-0.39, 0.29) is 10.8 Å². The SMILES string of the molecule is CC(C)(C)c1ccc(Nc2cc3c(cc2-c2c4c(cc5ccccc25)N(c2cccc(-c5ccccc5)c2)c2cc(-c5ccccc5)ccc2[B]4)-c2ccccc2C3(C)C)cc1. The molecule has 0 fully saturated rings. The molecular formula is C59H48BN2. The Labute approximate surface area is 366 Å². The molecule has 1 aliphatic heterocycles. The summed E-state index contributed by atoms with van der Waals surface area (Å²) in [6, 6.07) is 71.7. The molecule has 9 aromatic rings. The third kappa shape index (κ3) is 6.34. The summed E-state index contributed by atoms with van der Waals surface area (Å²) in [6.45, 7) is 11.6. The van der Waals surface area contributed by atoms with Gasteiger partial charge >= 0.3 is 0 Å². The molecule has 0 amide bonds. The fourth-order valence-corrected chi connectivity index (χ4v) is 9.93. The Morgan fingerprint density at radius 1 is 0.500 bits per heavy atom. The molecule has 0 atom stereocenters. The van der Waals surface area contributed by atoms with E-state index in [1.165, 1.54) is 82.9 Å². The molecule has 0 aromatic heterocycles. The van der Waals surface area contributed by atoms with Crippen molar-refractivity contribution in [2.45, 2.75) is 45.4 Å². The van der Waals surface area contributed by atoms with Crippen molar-refractivity contribution < 1.29 is 0 Å². The Morgan fingerprint density at radius 3 is 1.90 bits per heavy atom. The van der Waals surface area contributed by atoms with E-state index >= 15 is 0 Å². The van der Waals surface area contributed by atoms with Crippen molar-refractivity contribution in [1.29, 1.82) is 0 Å². The van der Waals surface area contributed by atoms with Gasteiger partial charge in [0.05, 0.1) is 0 Å². The van der Waals surface area contributed by atoms with Crippen LogP contribution < -0.4 is 21.1 Å². The van der Waals surface area contributed by atoms with Crippen LogP contribution in [0.4, 0.5) is 28.4 Å². The van der Waals surface area contributed by atoms with E-state index in [4.69, 9.17) is 0 Å². The molecule has 0 unspecified atom stereocenters. The fourth-order valence-electron chi connectivity index (χ4n) is 9.93. The summed E-state index contributed by atoms with van der Waals surface area (Å²) in [7, 11) is 2.44. The molecule has 0 bridgehead atoms. The normalized spacial score (nSPS) is 13.5. The number of nitrogens with zero attached hydrogens (tertiary/aromatic N) is 1. The van der Waals surface area contributed by atoms with Crippen molar-refractivity contribution in [3.05, 3.63) is 211 Å². The number of benzene rings is 9. The van der Waals surface area contributed by atoms with Gasteiger partial charge in [-0.25, -0.2) is 0 Å². The van der Waals surface area contributed by atoms with E-state index in [1.54, 1.807) is 0 Å². The zero-order valence-electron chi connectivity index (χ0n) is 36.0. The molecule has 2 aliphatic rings. The molecule has 11 rings (SSSR count). The second-order valence-corrected chi connectivity index (χ2v) is 18.5. The fraction of sp³-hybridized carbons (Fsp3) is 0.119. The highest BCUT2D eigenvalue weighted by molar-refractivity contribution is 6.73. The number of hydrogen-bond donors (Lipinski definition) is 1. The van der Waals surface area contributed by atoms with Crippen LogP contribution in [0.1, 0.15) is 51.3 Å². The van der Waals surface area contributed by atoms with Crippen LogP contribution in [0, 0.1) is 0 Å². The lowest BCUT2D eigenvalue weighted by Gasteiger charge is -2.36. The molecule has 297 valence electrons. The van der Waals surface area contributed by atoms with E-state index in [0.717, 1.165) is 28.4 Å². The summed E-state index contributed by atoms with van der Waals surface area (Å²) < 4.78 is 0. The van der Waals surface area contributed by atoms with Crippen LogP contribution in [0.15, 0.2) is 194 Å². The second kappa shape index (κ2) is 14.5. The summed E-state index contributed by atoms with van der Waals surface area (Å²) in [6.07, 6.45) is 0. The summed E-state index contributed by atoms with van der Waals surface area (Å²) in [5, 5.41) is 6.42. The molecule has 2 nitrogen and oxygen atoms in total. The minimum Gasteiger partial charge on any atom is -0.355 e. The first kappa shape index (κ1) is 37.9. The topological polar surface area (TPSA) is 15.3 Å². The average molecular weight is 796 g/mol. The molecule has 1 N–H and O–H groups in total. The maximum absolute atomic E-state index is 4.00. The molecule has 9 aromatic carbocycles. The molecule has 0 saturated heterocycles. The van der Waals surface area contributed by atoms with Gasteiger partial charge in [0, 0.05) is 39.4 Å². The van der Waals surface area contributed by atoms with Gasteiger partial charge in [0.25, 0.3) is 0 Å². The second-order valence-electron chi connectivity index (χ2n) is 18.5. The number of hydrogen-bond acceptors (Lipinski definition) is 2. The lowest BCUT2D eigenvalue weighted by Crippen LogP contribution is -2.41. The highest BCUT2D eigenvalue weighted by atomic mass is 15.1. The van der Waals surface area contributed by atoms with E-state index < -0.39 is 0 Å². The van der Waals surface area contributed by atoms with Crippen molar-refractivity contribution in [2.24, 2.45) is 0 Å². The van der Waals surface area contributed by atoms with E-state index in [1.807, 2.05) is 0 Å². The lowest BCUT2D eigenvalue weighted by molar-refractivity contribution is 0.590. The van der Waals surface area contributed by atoms with Crippen molar-refractivity contribution in [1.82, 2.24) is 0 Å². The van der Waals surface area contributed by atoms with Crippen LogP contribution in [0.3, 0.4) is 0 Å². The van der Waals surface area contributed by atoms with Crippen LogP contribution in [-0.2, 0) is 10.8 Å². The van der Waals surface area contributed by atoms with Gasteiger partial charge < -0.3 is 10.2 Å². The smallest absolute Gasteiger partial charge is 0.197 e. The Kier molecular flexibility index (Phi) is 8.87. The Bertz CT molecular complexity index is 3180. The van der Waals surface area contributed by atoms with Crippen molar-refractivity contribution in [2.75, 3.05) is 10.2 Å². The Hall–Kier alpha value is -7.10. The standard InChI is InChI=1S/C59H48BN2/c1-58(2,3)43-28-30-44(31-29-43)61-53-37-51-48(47-25-14-15-26-50(47)59(51,4)5)36-49(53)56-46-24-13-12-21-42(46)35-55-57(56)60-52-32-27-41(39-19-10-7-11-20-39)34-54(52)62(55)45-23-16-22-40(33-45)38-17-8-6-9-18-38/h6-37,61H,1-5H3. The first-order valence-corrected chi connectivity index (χ1v) is 21.8. The van der Waals surface area contributed by atoms with Crippen molar-refractivity contribution in [3.63, 3.8) is 0 Å². The zero-order valence-corrected chi connectivity index (χ0v) is 36.0. The molecule has 0 spiro atoms. The molecular weight excluding hydrogens is 747 g/mol. The van der Waals surface area contributed by atoms with Crippen LogP contribution in [-0.4, -0.2) is 7.28 Å². The van der Waals surface area contributed by atoms with Crippen LogP contribution in [0.5, 0.6) is 0 Å². The Morgan fingerprint density at radius 2 is 1.16 bits per heavy atom. The first-order valence-electron chi connectivity index (χ1n) is 21.8. The van der Waals surface area contributed by atoms with Crippen LogP contribution >= 0.6 is 0 Å². The highest BCUT2D eigenvalue weighted by Crippen LogP contribution is 2.53. The summed E-state index contributed by atoms with van der Waals surface area (Å²) in [5.74, 6) is 0. The third-order valence-corrected chi connectivity index (χ3v) is 13.2. The quantitative estimate of drug-likeness (QED) is 0.169. The van der Waals surface area contributed by atoms with Crippen molar-refractivity contribution in [3.8, 4) is 44.5 Å². The maximum atomic E-state index is 4.00.